The molecule has 1 heterocycles. The lowest BCUT2D eigenvalue weighted by atomic mass is 10.1. The Kier molecular flexibility index (Phi) is 4.01. The summed E-state index contributed by atoms with van der Waals surface area (Å²) in [5.74, 6) is -1.92. The summed E-state index contributed by atoms with van der Waals surface area (Å²) in [6, 6.07) is 4.02. The first-order chi connectivity index (χ1) is 9.32. The van der Waals surface area contributed by atoms with Crippen molar-refractivity contribution in [1.29, 1.82) is 0 Å². The van der Waals surface area contributed by atoms with E-state index >= 15 is 0 Å². The van der Waals surface area contributed by atoms with Gasteiger partial charge in [-0.1, -0.05) is 37.0 Å². The van der Waals surface area contributed by atoms with Crippen molar-refractivity contribution in [2.75, 3.05) is 0 Å². The van der Waals surface area contributed by atoms with Gasteiger partial charge in [-0.2, -0.15) is 5.10 Å². The highest BCUT2D eigenvalue weighted by Gasteiger charge is 2.24. The van der Waals surface area contributed by atoms with Gasteiger partial charge in [0.1, 0.15) is 16.5 Å². The summed E-state index contributed by atoms with van der Waals surface area (Å²) in [7, 11) is 0. The topological polar surface area (TPSA) is 55.1 Å². The van der Waals surface area contributed by atoms with E-state index in [0.29, 0.717) is 11.4 Å². The molecular formula is C13H11Cl2FN2O2. The fraction of sp³-hybridized carbons (Fsp3) is 0.231. The minimum Gasteiger partial charge on any atom is -0.478 e. The number of aromatic carboxylic acids is 1. The lowest BCUT2D eigenvalue weighted by molar-refractivity contribution is 0.0695. The van der Waals surface area contributed by atoms with Crippen LogP contribution in [0, 0.1) is 5.82 Å². The molecule has 2 rings (SSSR count). The van der Waals surface area contributed by atoms with Gasteiger partial charge in [-0.15, -0.1) is 0 Å². The summed E-state index contributed by atoms with van der Waals surface area (Å²) in [6.45, 7) is 3.61. The molecule has 0 bridgehead atoms. The van der Waals surface area contributed by atoms with Crippen molar-refractivity contribution in [3.63, 3.8) is 0 Å². The van der Waals surface area contributed by atoms with Crippen LogP contribution in [0.5, 0.6) is 0 Å². The van der Waals surface area contributed by atoms with Crippen molar-refractivity contribution in [2.45, 2.75) is 19.8 Å². The van der Waals surface area contributed by atoms with Gasteiger partial charge in [-0.05, 0) is 18.1 Å². The van der Waals surface area contributed by atoms with E-state index in [9.17, 15) is 14.3 Å². The summed E-state index contributed by atoms with van der Waals surface area (Å²) in [5, 5.41) is 13.3. The quantitative estimate of drug-likeness (QED) is 0.925. The van der Waals surface area contributed by atoms with E-state index in [0.717, 1.165) is 6.07 Å². The number of hydrogen-bond donors (Lipinski definition) is 1. The Bertz CT molecular complexity index is 683. The van der Waals surface area contributed by atoms with Crippen LogP contribution in [-0.4, -0.2) is 20.9 Å². The zero-order valence-electron chi connectivity index (χ0n) is 10.7. The third-order valence-electron chi connectivity index (χ3n) is 2.76. The van der Waals surface area contributed by atoms with Crippen molar-refractivity contribution in [3.05, 3.63) is 45.4 Å². The molecule has 0 aliphatic heterocycles. The number of hydrogen-bond acceptors (Lipinski definition) is 2. The summed E-state index contributed by atoms with van der Waals surface area (Å²) in [4.78, 5) is 11.3. The van der Waals surface area contributed by atoms with E-state index in [1.807, 2.05) is 0 Å². The van der Waals surface area contributed by atoms with Crippen LogP contribution >= 0.6 is 23.2 Å². The second-order valence-electron chi connectivity index (χ2n) is 4.52. The highest BCUT2D eigenvalue weighted by Crippen LogP contribution is 2.29. The Balaban J connectivity index is 2.66. The van der Waals surface area contributed by atoms with Gasteiger partial charge in [0.05, 0.1) is 16.4 Å². The van der Waals surface area contributed by atoms with E-state index in [2.05, 4.69) is 5.10 Å². The number of rotatable bonds is 3. The molecule has 0 unspecified atom stereocenters. The minimum absolute atomic E-state index is 0.0282. The monoisotopic (exact) mass is 316 g/mol. The molecule has 0 atom stereocenters. The van der Waals surface area contributed by atoms with Crippen LogP contribution < -0.4 is 0 Å². The molecule has 0 saturated heterocycles. The first-order valence-electron chi connectivity index (χ1n) is 5.80. The van der Waals surface area contributed by atoms with Crippen molar-refractivity contribution >= 4 is 29.2 Å². The smallest absolute Gasteiger partial charge is 0.340 e. The molecular weight excluding hydrogens is 306 g/mol. The average Bonchev–Trinajstić information content (AvgIpc) is 2.71. The fourth-order valence-corrected chi connectivity index (χ4v) is 2.23. The van der Waals surface area contributed by atoms with Crippen LogP contribution in [0.3, 0.4) is 0 Å². The predicted octanol–water partition coefficient (Wildman–Crippen LogP) is 4.14. The molecule has 7 heteroatoms. The van der Waals surface area contributed by atoms with Gasteiger partial charge in [0.15, 0.2) is 0 Å². The molecule has 1 aromatic heterocycles. The van der Waals surface area contributed by atoms with Crippen LogP contribution in [0.4, 0.5) is 4.39 Å². The summed E-state index contributed by atoms with van der Waals surface area (Å²) < 4.78 is 14.7. The average molecular weight is 317 g/mol. The highest BCUT2D eigenvalue weighted by molar-refractivity contribution is 6.33. The van der Waals surface area contributed by atoms with E-state index < -0.39 is 11.8 Å². The number of nitrogens with zero attached hydrogens (tertiary/aromatic N) is 2. The molecule has 1 aromatic carbocycles. The lowest BCUT2D eigenvalue weighted by Gasteiger charge is -2.04. The predicted molar refractivity (Wildman–Crippen MR) is 74.6 cm³/mol. The van der Waals surface area contributed by atoms with Gasteiger partial charge in [-0.25, -0.2) is 13.9 Å². The largest absolute Gasteiger partial charge is 0.478 e. The normalized spacial score (nSPS) is 11.1. The number of carboxylic acid groups (broad SMARTS) is 1. The highest BCUT2D eigenvalue weighted by atomic mass is 35.5. The van der Waals surface area contributed by atoms with Crippen LogP contribution in [0.1, 0.15) is 35.8 Å². The molecule has 1 N–H and O–H groups in total. The Labute approximate surface area is 124 Å². The molecule has 0 radical (unpaired) electrons. The van der Waals surface area contributed by atoms with Crippen LogP contribution in [0.2, 0.25) is 10.2 Å². The Morgan fingerprint density at radius 1 is 1.40 bits per heavy atom. The summed E-state index contributed by atoms with van der Waals surface area (Å²) in [6.07, 6.45) is 0. The molecule has 0 aliphatic carbocycles. The van der Waals surface area contributed by atoms with Crippen LogP contribution in [-0.2, 0) is 0 Å². The van der Waals surface area contributed by atoms with Crippen molar-refractivity contribution in [1.82, 2.24) is 9.78 Å². The second-order valence-corrected chi connectivity index (χ2v) is 5.29. The Hall–Kier alpha value is -1.59. The van der Waals surface area contributed by atoms with Crippen LogP contribution in [0.25, 0.3) is 5.69 Å². The molecule has 0 saturated carbocycles. The minimum atomic E-state index is -1.17. The van der Waals surface area contributed by atoms with Crippen molar-refractivity contribution in [2.24, 2.45) is 0 Å². The molecule has 0 fully saturated rings. The van der Waals surface area contributed by atoms with Gasteiger partial charge in [0.2, 0.25) is 0 Å². The summed E-state index contributed by atoms with van der Waals surface area (Å²) >= 11 is 11.7. The van der Waals surface area contributed by atoms with Crippen LogP contribution in [0.15, 0.2) is 18.2 Å². The fourth-order valence-electron chi connectivity index (χ4n) is 1.80. The molecule has 0 aliphatic rings. The molecule has 0 spiro atoms. The molecule has 0 amide bonds. The number of aromatic nitrogens is 2. The van der Waals surface area contributed by atoms with E-state index in [4.69, 9.17) is 23.2 Å². The van der Waals surface area contributed by atoms with Gasteiger partial charge in [-0.3, -0.25) is 0 Å². The van der Waals surface area contributed by atoms with E-state index in [-0.39, 0.29) is 21.7 Å². The lowest BCUT2D eigenvalue weighted by Crippen LogP contribution is -2.01. The molecule has 20 heavy (non-hydrogen) atoms. The zero-order chi connectivity index (χ0) is 15.0. The number of carboxylic acids is 1. The molecule has 106 valence electrons. The van der Waals surface area contributed by atoms with E-state index in [1.54, 1.807) is 13.8 Å². The maximum absolute atomic E-state index is 13.5. The second kappa shape index (κ2) is 5.42. The molecule has 2 aromatic rings. The summed E-state index contributed by atoms with van der Waals surface area (Å²) in [5.41, 5.74) is 0.584. The maximum Gasteiger partial charge on any atom is 0.340 e. The molecule has 4 nitrogen and oxygen atoms in total. The number of halogens is 3. The maximum atomic E-state index is 13.5. The van der Waals surface area contributed by atoms with Crippen molar-refractivity contribution < 1.29 is 14.3 Å². The van der Waals surface area contributed by atoms with Gasteiger partial charge < -0.3 is 5.11 Å². The number of benzene rings is 1. The zero-order valence-corrected chi connectivity index (χ0v) is 12.2. The number of carbonyl (C=O) groups is 1. The van der Waals surface area contributed by atoms with Gasteiger partial charge in [0.25, 0.3) is 0 Å². The Morgan fingerprint density at radius 2 is 2.05 bits per heavy atom. The third-order valence-corrected chi connectivity index (χ3v) is 3.42. The first kappa shape index (κ1) is 14.8. The van der Waals surface area contributed by atoms with E-state index in [1.165, 1.54) is 16.8 Å². The SMILES string of the molecule is CC(C)c1nn(-c2ccc(Cl)c(F)c2)c(Cl)c1C(=O)O. The van der Waals surface area contributed by atoms with Gasteiger partial charge >= 0.3 is 5.97 Å². The first-order valence-corrected chi connectivity index (χ1v) is 6.55. The Morgan fingerprint density at radius 3 is 2.50 bits per heavy atom. The van der Waals surface area contributed by atoms with Gasteiger partial charge in [0, 0.05) is 6.07 Å². The standard InChI is InChI=1S/C13H11Cl2FN2O2/c1-6(2)11-10(13(19)20)12(15)18(17-11)7-3-4-8(14)9(16)5-7/h3-6H,1-2H3,(H,19,20). The van der Waals surface area contributed by atoms with Crippen molar-refractivity contribution in [3.8, 4) is 5.69 Å². The third kappa shape index (κ3) is 2.51.